The van der Waals surface area contributed by atoms with E-state index in [-0.39, 0.29) is 5.56 Å². The summed E-state index contributed by atoms with van der Waals surface area (Å²) in [5.41, 5.74) is 7.55. The van der Waals surface area contributed by atoms with Crippen molar-refractivity contribution in [2.45, 2.75) is 6.54 Å². The summed E-state index contributed by atoms with van der Waals surface area (Å²) in [5.74, 6) is 0.469. The summed E-state index contributed by atoms with van der Waals surface area (Å²) in [6, 6.07) is 10.4. The van der Waals surface area contributed by atoms with Crippen LogP contribution in [0.1, 0.15) is 5.89 Å². The summed E-state index contributed by atoms with van der Waals surface area (Å²) in [7, 11) is 0. The zero-order valence-corrected chi connectivity index (χ0v) is 9.54. The number of nitrogen functional groups attached to an aromatic ring is 1. The number of anilines is 1. The molecule has 0 amide bonds. The third kappa shape index (κ3) is 1.75. The van der Waals surface area contributed by atoms with Crippen molar-refractivity contribution in [3.63, 3.8) is 0 Å². The lowest BCUT2D eigenvalue weighted by Crippen LogP contribution is -2.18. The first-order valence-electron chi connectivity index (χ1n) is 5.53. The van der Waals surface area contributed by atoms with Crippen molar-refractivity contribution in [1.82, 2.24) is 9.55 Å². The molecule has 0 atom stereocenters. The molecular weight excluding hydrogens is 230 g/mol. The van der Waals surface area contributed by atoms with Crippen LogP contribution in [0.4, 0.5) is 5.69 Å². The number of oxazole rings is 1. The van der Waals surface area contributed by atoms with Gasteiger partial charge in [0.1, 0.15) is 12.1 Å². The minimum atomic E-state index is -0.0901. The van der Waals surface area contributed by atoms with Crippen molar-refractivity contribution >= 4 is 16.8 Å². The topological polar surface area (TPSA) is 74.0 Å². The lowest BCUT2D eigenvalue weighted by Gasteiger charge is -1.99. The fourth-order valence-corrected chi connectivity index (χ4v) is 1.82. The van der Waals surface area contributed by atoms with Crippen LogP contribution >= 0.6 is 0 Å². The highest BCUT2D eigenvalue weighted by atomic mass is 16.3. The molecule has 0 saturated carbocycles. The molecular formula is C13H11N3O2. The van der Waals surface area contributed by atoms with Gasteiger partial charge in [0.25, 0.3) is 5.56 Å². The molecule has 0 fully saturated rings. The predicted molar refractivity (Wildman–Crippen MR) is 68.2 cm³/mol. The molecule has 2 heterocycles. The number of fused-ring (bicyclic) bond motifs is 1. The number of nitrogens with two attached hydrogens (primary N) is 1. The van der Waals surface area contributed by atoms with E-state index in [1.807, 2.05) is 0 Å². The van der Waals surface area contributed by atoms with Crippen molar-refractivity contribution in [3.8, 4) is 0 Å². The Balaban J connectivity index is 2.04. The van der Waals surface area contributed by atoms with E-state index in [0.717, 1.165) is 0 Å². The van der Waals surface area contributed by atoms with Crippen molar-refractivity contribution in [1.29, 1.82) is 0 Å². The lowest BCUT2D eigenvalue weighted by molar-refractivity contribution is 0.504. The summed E-state index contributed by atoms with van der Waals surface area (Å²) in [6.45, 7) is 0.299. The Labute approximate surface area is 102 Å². The molecule has 0 spiro atoms. The zero-order valence-electron chi connectivity index (χ0n) is 9.54. The minimum Gasteiger partial charge on any atom is -0.439 e. The van der Waals surface area contributed by atoms with Crippen LogP contribution in [0.5, 0.6) is 0 Å². The average Bonchev–Trinajstić information content (AvgIpc) is 2.76. The maximum atomic E-state index is 11.6. The third-order valence-electron chi connectivity index (χ3n) is 2.70. The minimum absolute atomic E-state index is 0.0901. The van der Waals surface area contributed by atoms with E-state index < -0.39 is 0 Å². The second-order valence-corrected chi connectivity index (χ2v) is 3.97. The molecule has 18 heavy (non-hydrogen) atoms. The van der Waals surface area contributed by atoms with Crippen LogP contribution in [0.3, 0.4) is 0 Å². The molecule has 0 aliphatic heterocycles. The largest absolute Gasteiger partial charge is 0.439 e. The second-order valence-electron chi connectivity index (χ2n) is 3.97. The number of aromatic nitrogens is 2. The molecule has 0 radical (unpaired) electrons. The van der Waals surface area contributed by atoms with Gasteiger partial charge in [-0.2, -0.15) is 0 Å². The van der Waals surface area contributed by atoms with Crippen LogP contribution < -0.4 is 11.3 Å². The Morgan fingerprint density at radius 3 is 2.89 bits per heavy atom. The van der Waals surface area contributed by atoms with Gasteiger partial charge in [-0.05, 0) is 18.2 Å². The van der Waals surface area contributed by atoms with Gasteiger partial charge in [-0.15, -0.1) is 0 Å². The smallest absolute Gasteiger partial charge is 0.250 e. The molecule has 0 unspecified atom stereocenters. The second kappa shape index (κ2) is 4.03. The van der Waals surface area contributed by atoms with Crippen molar-refractivity contribution in [2.75, 3.05) is 5.73 Å². The summed E-state index contributed by atoms with van der Waals surface area (Å²) in [5, 5.41) is 0. The highest BCUT2D eigenvalue weighted by molar-refractivity contribution is 5.85. The Morgan fingerprint density at radius 2 is 2.11 bits per heavy atom. The fraction of sp³-hybridized carbons (Fsp3) is 0.0769. The maximum absolute atomic E-state index is 11.6. The molecule has 0 bridgehead atoms. The maximum Gasteiger partial charge on any atom is 0.250 e. The Morgan fingerprint density at radius 1 is 1.22 bits per heavy atom. The Hall–Kier alpha value is -2.56. The van der Waals surface area contributed by atoms with Crippen LogP contribution in [0.25, 0.3) is 11.1 Å². The van der Waals surface area contributed by atoms with Gasteiger partial charge in [-0.3, -0.25) is 4.79 Å². The van der Waals surface area contributed by atoms with E-state index in [2.05, 4.69) is 4.98 Å². The summed E-state index contributed by atoms with van der Waals surface area (Å²) >= 11 is 0. The van der Waals surface area contributed by atoms with E-state index in [1.165, 1.54) is 10.6 Å². The molecule has 0 saturated heterocycles. The highest BCUT2D eigenvalue weighted by Gasteiger charge is 2.08. The summed E-state index contributed by atoms with van der Waals surface area (Å²) < 4.78 is 7.09. The van der Waals surface area contributed by atoms with Gasteiger partial charge in [0.2, 0.25) is 5.89 Å². The molecule has 5 nitrogen and oxygen atoms in total. The van der Waals surface area contributed by atoms with Gasteiger partial charge in [-0.1, -0.05) is 12.1 Å². The Bertz CT molecular complexity index is 758. The van der Waals surface area contributed by atoms with Gasteiger partial charge in [-0.25, -0.2) is 4.98 Å². The first-order chi connectivity index (χ1) is 8.74. The molecule has 0 aliphatic carbocycles. The number of pyridine rings is 1. The molecule has 3 rings (SSSR count). The van der Waals surface area contributed by atoms with Crippen LogP contribution in [-0.4, -0.2) is 9.55 Å². The number of hydrogen-bond donors (Lipinski definition) is 1. The summed E-state index contributed by atoms with van der Waals surface area (Å²) in [6.07, 6.45) is 1.69. The van der Waals surface area contributed by atoms with Gasteiger partial charge in [0.15, 0.2) is 5.58 Å². The van der Waals surface area contributed by atoms with E-state index in [1.54, 1.807) is 36.5 Å². The van der Waals surface area contributed by atoms with Crippen molar-refractivity contribution in [3.05, 3.63) is 58.8 Å². The van der Waals surface area contributed by atoms with Gasteiger partial charge in [0.05, 0.1) is 5.69 Å². The first kappa shape index (κ1) is 10.6. The standard InChI is InChI=1S/C13H11N3O2/c14-9-4-3-5-10-13(9)15-11(18-10)8-16-7-2-1-6-12(16)17/h1-7H,8,14H2. The van der Waals surface area contributed by atoms with Crippen LogP contribution in [0.15, 0.2) is 51.8 Å². The van der Waals surface area contributed by atoms with Crippen molar-refractivity contribution < 1.29 is 4.42 Å². The van der Waals surface area contributed by atoms with Crippen LogP contribution in [0, 0.1) is 0 Å². The van der Waals surface area contributed by atoms with Crippen LogP contribution in [0.2, 0.25) is 0 Å². The highest BCUT2D eigenvalue weighted by Crippen LogP contribution is 2.21. The van der Waals surface area contributed by atoms with Crippen molar-refractivity contribution in [2.24, 2.45) is 0 Å². The molecule has 2 aromatic heterocycles. The lowest BCUT2D eigenvalue weighted by atomic mass is 10.3. The SMILES string of the molecule is Nc1cccc2oc(Cn3ccccc3=O)nc12. The molecule has 3 aromatic rings. The zero-order chi connectivity index (χ0) is 12.5. The molecule has 5 heteroatoms. The van der Waals surface area contributed by atoms with E-state index in [4.69, 9.17) is 10.2 Å². The number of hydrogen-bond acceptors (Lipinski definition) is 4. The van der Waals surface area contributed by atoms with E-state index >= 15 is 0 Å². The Kier molecular flexibility index (Phi) is 2.37. The molecule has 0 aliphatic rings. The molecule has 1 aromatic carbocycles. The van der Waals surface area contributed by atoms with Gasteiger partial charge < -0.3 is 14.7 Å². The monoisotopic (exact) mass is 241 g/mol. The van der Waals surface area contributed by atoms with Gasteiger partial charge in [0, 0.05) is 12.3 Å². The fourth-order valence-electron chi connectivity index (χ4n) is 1.82. The third-order valence-corrected chi connectivity index (χ3v) is 2.70. The number of para-hydroxylation sites is 1. The quantitative estimate of drug-likeness (QED) is 0.692. The number of nitrogens with zero attached hydrogens (tertiary/aromatic N) is 2. The number of rotatable bonds is 2. The molecule has 90 valence electrons. The van der Waals surface area contributed by atoms with Crippen LogP contribution in [-0.2, 0) is 6.54 Å². The molecule has 2 N–H and O–H groups in total. The van der Waals surface area contributed by atoms with E-state index in [9.17, 15) is 4.79 Å². The number of benzene rings is 1. The summed E-state index contributed by atoms with van der Waals surface area (Å²) in [4.78, 5) is 15.9. The normalized spacial score (nSPS) is 10.9. The average molecular weight is 241 g/mol. The van der Waals surface area contributed by atoms with Gasteiger partial charge >= 0.3 is 0 Å². The predicted octanol–water partition coefficient (Wildman–Crippen LogP) is 1.62. The van der Waals surface area contributed by atoms with E-state index in [0.29, 0.717) is 29.2 Å². The first-order valence-corrected chi connectivity index (χ1v) is 5.53.